The van der Waals surface area contributed by atoms with Gasteiger partial charge in [-0.1, -0.05) is 62.4 Å². The summed E-state index contributed by atoms with van der Waals surface area (Å²) in [5, 5.41) is 20.3. The first-order chi connectivity index (χ1) is 16.0. The Hall–Kier alpha value is -3.02. The SMILES string of the molecule is O=C(O)c1ccc2c(c1)NC1(C(=O)NCc3ccccc3)CCCCC1C1(CCCCC1)N2. The molecule has 174 valence electrons. The van der Waals surface area contributed by atoms with Gasteiger partial charge in [-0.15, -0.1) is 0 Å². The molecule has 0 saturated heterocycles. The van der Waals surface area contributed by atoms with Gasteiger partial charge in [-0.2, -0.15) is 0 Å². The molecular weight excluding hydrogens is 414 g/mol. The van der Waals surface area contributed by atoms with Gasteiger partial charge in [-0.25, -0.2) is 4.79 Å². The largest absolute Gasteiger partial charge is 0.478 e. The fraction of sp³-hybridized carbons (Fsp3) is 0.481. The maximum Gasteiger partial charge on any atom is 0.335 e. The monoisotopic (exact) mass is 447 g/mol. The first kappa shape index (κ1) is 21.8. The van der Waals surface area contributed by atoms with Crippen LogP contribution in [0.15, 0.2) is 48.5 Å². The van der Waals surface area contributed by atoms with E-state index >= 15 is 0 Å². The van der Waals surface area contributed by atoms with Crippen molar-refractivity contribution in [3.05, 3.63) is 59.7 Å². The van der Waals surface area contributed by atoms with Crippen molar-refractivity contribution in [3.63, 3.8) is 0 Å². The Morgan fingerprint density at radius 2 is 1.67 bits per heavy atom. The number of carbonyl (C=O) groups excluding carboxylic acids is 1. The van der Waals surface area contributed by atoms with E-state index in [9.17, 15) is 14.7 Å². The Labute approximate surface area is 195 Å². The van der Waals surface area contributed by atoms with E-state index in [4.69, 9.17) is 0 Å². The molecule has 0 bridgehead atoms. The van der Waals surface area contributed by atoms with Crippen LogP contribution in [-0.4, -0.2) is 28.1 Å². The Bertz CT molecular complexity index is 1030. The normalized spacial score (nSPS) is 25.5. The number of rotatable bonds is 4. The molecular formula is C27H33N3O3. The first-order valence-corrected chi connectivity index (χ1v) is 12.3. The zero-order chi connectivity index (χ0) is 22.9. The third kappa shape index (κ3) is 3.96. The van der Waals surface area contributed by atoms with Crippen molar-refractivity contribution in [1.82, 2.24) is 5.32 Å². The van der Waals surface area contributed by atoms with E-state index in [0.29, 0.717) is 6.54 Å². The van der Waals surface area contributed by atoms with Crippen molar-refractivity contribution in [1.29, 1.82) is 0 Å². The number of carboxylic acids is 1. The van der Waals surface area contributed by atoms with Crippen LogP contribution in [0.5, 0.6) is 0 Å². The van der Waals surface area contributed by atoms with Crippen LogP contribution in [0.25, 0.3) is 0 Å². The minimum absolute atomic E-state index is 0.0244. The summed E-state index contributed by atoms with van der Waals surface area (Å²) in [4.78, 5) is 25.7. The summed E-state index contributed by atoms with van der Waals surface area (Å²) in [6, 6.07) is 15.2. The maximum atomic E-state index is 14.0. The van der Waals surface area contributed by atoms with Crippen LogP contribution in [0.2, 0.25) is 0 Å². The lowest BCUT2D eigenvalue weighted by Gasteiger charge is -2.53. The molecule has 2 fully saturated rings. The van der Waals surface area contributed by atoms with Gasteiger partial charge < -0.3 is 21.1 Å². The summed E-state index contributed by atoms with van der Waals surface area (Å²) in [6.07, 6.45) is 9.41. The fourth-order valence-electron chi connectivity index (χ4n) is 6.48. The Morgan fingerprint density at radius 1 is 0.909 bits per heavy atom. The number of amides is 1. The predicted molar refractivity (Wildman–Crippen MR) is 129 cm³/mol. The molecule has 2 aliphatic carbocycles. The molecule has 3 aliphatic rings. The highest BCUT2D eigenvalue weighted by molar-refractivity contribution is 5.95. The Morgan fingerprint density at radius 3 is 2.42 bits per heavy atom. The van der Waals surface area contributed by atoms with E-state index in [2.05, 4.69) is 16.0 Å². The number of hydrogen-bond donors (Lipinski definition) is 4. The van der Waals surface area contributed by atoms with Crippen LogP contribution in [0.4, 0.5) is 11.4 Å². The lowest BCUT2D eigenvalue weighted by Crippen LogP contribution is -2.65. The van der Waals surface area contributed by atoms with Gasteiger partial charge in [-0.3, -0.25) is 4.79 Å². The van der Waals surface area contributed by atoms with Gasteiger partial charge in [-0.05, 0) is 49.4 Å². The van der Waals surface area contributed by atoms with Gasteiger partial charge in [0, 0.05) is 18.0 Å². The summed E-state index contributed by atoms with van der Waals surface area (Å²) in [6.45, 7) is 0.484. The molecule has 5 rings (SSSR count). The standard InChI is InChI=1S/C27H33N3O3/c31-24(32)20-12-13-21-22(17-20)30-27(25(33)28-18-19-9-3-1-4-10-19)16-8-5-11-23(27)26(29-21)14-6-2-7-15-26/h1,3-4,9-10,12-13,17,23,29-30H,2,5-8,11,14-16,18H2,(H,28,33)(H,31,32). The van der Waals surface area contributed by atoms with Crippen LogP contribution in [0, 0.1) is 5.92 Å². The fourth-order valence-corrected chi connectivity index (χ4v) is 6.48. The Kier molecular flexibility index (Phi) is 5.77. The van der Waals surface area contributed by atoms with E-state index in [1.54, 1.807) is 12.1 Å². The summed E-state index contributed by atoms with van der Waals surface area (Å²) < 4.78 is 0. The van der Waals surface area contributed by atoms with Gasteiger partial charge >= 0.3 is 5.97 Å². The molecule has 33 heavy (non-hydrogen) atoms. The van der Waals surface area contributed by atoms with E-state index in [1.807, 2.05) is 36.4 Å². The number of anilines is 2. The quantitative estimate of drug-likeness (QED) is 0.519. The molecule has 6 heteroatoms. The van der Waals surface area contributed by atoms with E-state index in [0.717, 1.165) is 68.3 Å². The highest BCUT2D eigenvalue weighted by Gasteiger charge is 2.57. The van der Waals surface area contributed by atoms with Crippen molar-refractivity contribution in [2.45, 2.75) is 75.4 Å². The predicted octanol–water partition coefficient (Wildman–Crippen LogP) is 5.17. The molecule has 4 N–H and O–H groups in total. The third-order valence-corrected chi connectivity index (χ3v) is 8.03. The number of aromatic carboxylic acids is 1. The number of benzene rings is 2. The molecule has 2 atom stereocenters. The first-order valence-electron chi connectivity index (χ1n) is 12.3. The van der Waals surface area contributed by atoms with Crippen LogP contribution in [0.3, 0.4) is 0 Å². The summed E-state index contributed by atoms with van der Waals surface area (Å²) in [5.41, 5.74) is 2.01. The summed E-state index contributed by atoms with van der Waals surface area (Å²) in [7, 11) is 0. The third-order valence-electron chi connectivity index (χ3n) is 8.03. The zero-order valence-corrected chi connectivity index (χ0v) is 19.0. The molecule has 6 nitrogen and oxygen atoms in total. The van der Waals surface area contributed by atoms with Crippen molar-refractivity contribution in [3.8, 4) is 0 Å². The van der Waals surface area contributed by atoms with Crippen molar-refractivity contribution in [2.75, 3.05) is 10.6 Å². The molecule has 2 unspecified atom stereocenters. The molecule has 2 saturated carbocycles. The van der Waals surface area contributed by atoms with Crippen LogP contribution < -0.4 is 16.0 Å². The molecule has 2 aromatic carbocycles. The average Bonchev–Trinajstić information content (AvgIpc) is 2.96. The summed E-state index contributed by atoms with van der Waals surface area (Å²) in [5.74, 6) is -0.800. The van der Waals surface area contributed by atoms with Gasteiger partial charge in [0.1, 0.15) is 5.54 Å². The molecule has 2 aromatic rings. The zero-order valence-electron chi connectivity index (χ0n) is 19.0. The highest BCUT2D eigenvalue weighted by atomic mass is 16.4. The number of nitrogens with one attached hydrogen (secondary N) is 3. The molecule has 1 spiro atoms. The van der Waals surface area contributed by atoms with Crippen molar-refractivity contribution in [2.24, 2.45) is 5.92 Å². The lowest BCUT2D eigenvalue weighted by atomic mass is 9.59. The number of carboxylic acid groups (broad SMARTS) is 1. The van der Waals surface area contributed by atoms with Gasteiger partial charge in [0.05, 0.1) is 16.9 Å². The second kappa shape index (κ2) is 8.73. The van der Waals surface area contributed by atoms with Crippen LogP contribution in [-0.2, 0) is 11.3 Å². The molecule has 0 radical (unpaired) electrons. The second-order valence-corrected chi connectivity index (χ2v) is 9.97. The molecule has 0 aromatic heterocycles. The molecule has 1 heterocycles. The second-order valence-electron chi connectivity index (χ2n) is 9.97. The van der Waals surface area contributed by atoms with Crippen molar-refractivity contribution >= 4 is 23.3 Å². The van der Waals surface area contributed by atoms with Crippen molar-refractivity contribution < 1.29 is 14.7 Å². The van der Waals surface area contributed by atoms with E-state index in [-0.39, 0.29) is 22.9 Å². The summed E-state index contributed by atoms with van der Waals surface area (Å²) >= 11 is 0. The topological polar surface area (TPSA) is 90.5 Å². The van der Waals surface area contributed by atoms with Gasteiger partial charge in [0.15, 0.2) is 0 Å². The number of fused-ring (bicyclic) bond motifs is 3. The minimum Gasteiger partial charge on any atom is -0.478 e. The van der Waals surface area contributed by atoms with E-state index < -0.39 is 11.5 Å². The molecule has 1 amide bonds. The van der Waals surface area contributed by atoms with Gasteiger partial charge in [0.2, 0.25) is 5.91 Å². The highest BCUT2D eigenvalue weighted by Crippen LogP contribution is 2.52. The minimum atomic E-state index is -0.959. The average molecular weight is 448 g/mol. The molecule has 1 aliphatic heterocycles. The smallest absolute Gasteiger partial charge is 0.335 e. The van der Waals surface area contributed by atoms with Gasteiger partial charge in [0.25, 0.3) is 0 Å². The Balaban J connectivity index is 1.57. The number of hydrogen-bond acceptors (Lipinski definition) is 4. The maximum absolute atomic E-state index is 14.0. The van der Waals surface area contributed by atoms with E-state index in [1.165, 1.54) is 6.42 Å². The van der Waals surface area contributed by atoms with Crippen LogP contribution in [0.1, 0.15) is 73.7 Å². The van der Waals surface area contributed by atoms with Crippen LogP contribution >= 0.6 is 0 Å². The lowest BCUT2D eigenvalue weighted by molar-refractivity contribution is -0.130. The number of carbonyl (C=O) groups is 2.